The first-order chi connectivity index (χ1) is 17.4. The van der Waals surface area contributed by atoms with E-state index in [0.29, 0.717) is 17.2 Å². The van der Waals surface area contributed by atoms with E-state index >= 15 is 0 Å². The smallest absolute Gasteiger partial charge is 0.335 e. The molecule has 5 rings (SSSR count). The number of carboxylic acids is 1. The van der Waals surface area contributed by atoms with Gasteiger partial charge in [0.25, 0.3) is 0 Å². The summed E-state index contributed by atoms with van der Waals surface area (Å²) in [6.45, 7) is 1.05. The van der Waals surface area contributed by atoms with E-state index in [2.05, 4.69) is 14.5 Å². The van der Waals surface area contributed by atoms with E-state index in [1.807, 2.05) is 18.2 Å². The molecule has 194 valence electrons. The van der Waals surface area contributed by atoms with Crippen LogP contribution in [0.2, 0.25) is 0 Å². The summed E-state index contributed by atoms with van der Waals surface area (Å²) >= 11 is 0. The number of aromatic nitrogens is 3. The lowest BCUT2D eigenvalue weighted by Crippen LogP contribution is -2.46. The zero-order chi connectivity index (χ0) is 26.5. The van der Waals surface area contributed by atoms with Crippen molar-refractivity contribution in [2.45, 2.75) is 31.1 Å². The van der Waals surface area contributed by atoms with Crippen LogP contribution in [0.25, 0.3) is 27.7 Å². The van der Waals surface area contributed by atoms with Gasteiger partial charge >= 0.3 is 16.3 Å². The summed E-state index contributed by atoms with van der Waals surface area (Å²) in [6, 6.07) is 13.2. The maximum absolute atomic E-state index is 11.4. The summed E-state index contributed by atoms with van der Waals surface area (Å²) in [5.41, 5.74) is 0.476. The first-order valence-corrected chi connectivity index (χ1v) is 12.9. The van der Waals surface area contributed by atoms with Crippen molar-refractivity contribution in [2.24, 2.45) is 11.1 Å². The molecule has 37 heavy (non-hydrogen) atoms. The molecule has 0 saturated heterocycles. The largest absolute Gasteiger partial charge is 0.478 e. The highest BCUT2D eigenvalue weighted by Gasteiger charge is 2.51. The number of nitrogens with zero attached hydrogens (tertiary/aromatic N) is 3. The fourth-order valence-electron chi connectivity index (χ4n) is 4.84. The van der Waals surface area contributed by atoms with Crippen molar-refractivity contribution in [1.82, 2.24) is 14.6 Å². The average molecular weight is 528 g/mol. The molecule has 2 heterocycles. The van der Waals surface area contributed by atoms with Gasteiger partial charge in [-0.1, -0.05) is 24.3 Å². The summed E-state index contributed by atoms with van der Waals surface area (Å²) < 4.78 is 28.6. The number of carboxylic acid groups (broad SMARTS) is 1. The van der Waals surface area contributed by atoms with Crippen LogP contribution in [0.4, 0.5) is 5.82 Å². The lowest BCUT2D eigenvalue weighted by molar-refractivity contribution is -0.0759. The number of rotatable bonds is 7. The number of aliphatic hydroxyl groups is 2. The van der Waals surface area contributed by atoms with Crippen LogP contribution in [-0.4, -0.2) is 68.7 Å². The van der Waals surface area contributed by atoms with E-state index in [4.69, 9.17) is 10.2 Å². The predicted octanol–water partition coefficient (Wildman–Crippen LogP) is 1.38. The van der Waals surface area contributed by atoms with Crippen molar-refractivity contribution in [2.75, 3.05) is 11.9 Å². The van der Waals surface area contributed by atoms with E-state index in [0.717, 1.165) is 16.3 Å². The Kier molecular flexibility index (Phi) is 6.12. The number of anilines is 1. The highest BCUT2D eigenvalue weighted by molar-refractivity contribution is 7.84. The number of nitrogens with one attached hydrogen (secondary N) is 1. The molecule has 0 radical (unpaired) electrons. The second-order valence-corrected chi connectivity index (χ2v) is 10.5. The number of hydrogen-bond donors (Lipinski definition) is 5. The standard InChI is InChI=1S/C24H25N5O7S/c1-24(33)15(12-36-37(25,34)35)10-19(22(24)30)27-20-7-8-26-21-11-18(28-29(20)21)17-4-2-3-13-9-14(23(31)32)5-6-16(13)17/h2-9,11,15,19,22,27,30,33H,10,12H2,1H3,(H,31,32)(H2,25,34,35)/t15-,19-,22?,24+/m1/s1. The van der Waals surface area contributed by atoms with Gasteiger partial charge in [-0.25, -0.2) is 14.9 Å². The molecule has 1 aliphatic rings. The van der Waals surface area contributed by atoms with E-state index < -0.39 is 39.9 Å². The number of carbonyl (C=O) groups is 1. The van der Waals surface area contributed by atoms with Crippen molar-refractivity contribution in [3.05, 3.63) is 60.3 Å². The second-order valence-electron chi connectivity index (χ2n) is 9.31. The third-order valence-electron chi connectivity index (χ3n) is 6.87. The Bertz CT molecular complexity index is 1620. The molecule has 0 amide bonds. The summed E-state index contributed by atoms with van der Waals surface area (Å²) in [5.74, 6) is -1.21. The fraction of sp³-hybridized carbons (Fsp3) is 0.292. The molecule has 0 spiro atoms. The molecule has 1 saturated carbocycles. The molecule has 0 aliphatic heterocycles. The molecule has 13 heteroatoms. The summed E-state index contributed by atoms with van der Waals surface area (Å²) in [7, 11) is -4.20. The van der Waals surface area contributed by atoms with Gasteiger partial charge in [0.15, 0.2) is 5.65 Å². The molecule has 1 unspecified atom stereocenters. The van der Waals surface area contributed by atoms with Gasteiger partial charge < -0.3 is 20.6 Å². The number of aromatic carboxylic acids is 1. The first kappa shape index (κ1) is 25.0. The fourth-order valence-corrected chi connectivity index (χ4v) is 5.19. The van der Waals surface area contributed by atoms with Crippen LogP contribution >= 0.6 is 0 Å². The number of hydrogen-bond acceptors (Lipinski definition) is 9. The Morgan fingerprint density at radius 3 is 2.78 bits per heavy atom. The van der Waals surface area contributed by atoms with Gasteiger partial charge in [0, 0.05) is 23.7 Å². The van der Waals surface area contributed by atoms with E-state index in [1.165, 1.54) is 6.92 Å². The van der Waals surface area contributed by atoms with Crippen LogP contribution in [0.3, 0.4) is 0 Å². The summed E-state index contributed by atoms with van der Waals surface area (Å²) in [6.07, 6.45) is 0.546. The topological polar surface area (TPSA) is 189 Å². The lowest BCUT2D eigenvalue weighted by atomic mass is 9.92. The molecule has 12 nitrogen and oxygen atoms in total. The highest BCUT2D eigenvalue weighted by Crippen LogP contribution is 2.38. The molecule has 4 aromatic rings. The van der Waals surface area contributed by atoms with Gasteiger partial charge in [-0.05, 0) is 42.3 Å². The van der Waals surface area contributed by atoms with Gasteiger partial charge in [0.2, 0.25) is 0 Å². The third-order valence-corrected chi connectivity index (χ3v) is 7.34. The van der Waals surface area contributed by atoms with Gasteiger partial charge in [-0.3, -0.25) is 4.18 Å². The van der Waals surface area contributed by atoms with Crippen molar-refractivity contribution in [3.63, 3.8) is 0 Å². The van der Waals surface area contributed by atoms with Crippen molar-refractivity contribution in [1.29, 1.82) is 0 Å². The van der Waals surface area contributed by atoms with Crippen LogP contribution in [-0.2, 0) is 14.5 Å². The maximum atomic E-state index is 11.4. The Labute approximate surface area is 211 Å². The lowest BCUT2D eigenvalue weighted by Gasteiger charge is -2.29. The zero-order valence-corrected chi connectivity index (χ0v) is 20.5. The Morgan fingerprint density at radius 1 is 1.27 bits per heavy atom. The monoisotopic (exact) mass is 527 g/mol. The first-order valence-electron chi connectivity index (χ1n) is 11.4. The minimum atomic E-state index is -4.20. The zero-order valence-electron chi connectivity index (χ0n) is 19.6. The normalized spacial score (nSPS) is 24.1. The van der Waals surface area contributed by atoms with E-state index in [-0.39, 0.29) is 18.6 Å². The van der Waals surface area contributed by atoms with Crippen molar-refractivity contribution >= 4 is 38.5 Å². The summed E-state index contributed by atoms with van der Waals surface area (Å²) in [4.78, 5) is 15.7. The molecule has 0 bridgehead atoms. The Balaban J connectivity index is 1.46. The molecular formula is C24H25N5O7S. The Morgan fingerprint density at radius 2 is 2.05 bits per heavy atom. The van der Waals surface area contributed by atoms with Gasteiger partial charge in [0.1, 0.15) is 11.9 Å². The molecule has 1 aliphatic carbocycles. The van der Waals surface area contributed by atoms with Gasteiger partial charge in [-0.2, -0.15) is 18.0 Å². The minimum Gasteiger partial charge on any atom is -0.478 e. The molecular weight excluding hydrogens is 502 g/mol. The number of aliphatic hydroxyl groups excluding tert-OH is 1. The molecule has 2 aromatic carbocycles. The van der Waals surface area contributed by atoms with Crippen molar-refractivity contribution in [3.8, 4) is 11.3 Å². The van der Waals surface area contributed by atoms with Crippen LogP contribution in [0, 0.1) is 5.92 Å². The van der Waals surface area contributed by atoms with Crippen molar-refractivity contribution < 1.29 is 32.7 Å². The minimum absolute atomic E-state index is 0.187. The van der Waals surface area contributed by atoms with Crippen LogP contribution < -0.4 is 10.5 Å². The van der Waals surface area contributed by atoms with Crippen LogP contribution in [0.15, 0.2) is 54.7 Å². The quantitative estimate of drug-likeness (QED) is 0.235. The molecule has 4 atom stereocenters. The second kappa shape index (κ2) is 9.04. The number of benzene rings is 2. The highest BCUT2D eigenvalue weighted by atomic mass is 32.2. The third kappa shape index (κ3) is 4.74. The average Bonchev–Trinajstić information content (AvgIpc) is 3.37. The van der Waals surface area contributed by atoms with Crippen LogP contribution in [0.5, 0.6) is 0 Å². The van der Waals surface area contributed by atoms with Gasteiger partial charge in [-0.15, -0.1) is 0 Å². The predicted molar refractivity (Wildman–Crippen MR) is 134 cm³/mol. The Hall–Kier alpha value is -3.62. The number of nitrogens with two attached hydrogens (primary N) is 1. The van der Waals surface area contributed by atoms with Gasteiger partial charge in [0.05, 0.1) is 29.5 Å². The maximum Gasteiger partial charge on any atom is 0.335 e. The molecule has 6 N–H and O–H groups in total. The molecule has 2 aromatic heterocycles. The summed E-state index contributed by atoms with van der Waals surface area (Å²) in [5, 5.41) is 45.3. The van der Waals surface area contributed by atoms with E-state index in [9.17, 15) is 28.5 Å². The number of fused-ring (bicyclic) bond motifs is 2. The van der Waals surface area contributed by atoms with E-state index in [1.54, 1.807) is 41.0 Å². The SMILES string of the molecule is C[C@@]1(O)C(O)[C@H](Nc2ccnc3cc(-c4cccc5cc(C(=O)O)ccc45)nn23)C[C@@H]1COS(N)(=O)=O. The van der Waals surface area contributed by atoms with Crippen LogP contribution in [0.1, 0.15) is 23.7 Å². The molecule has 1 fully saturated rings.